The van der Waals surface area contributed by atoms with Crippen molar-refractivity contribution in [3.05, 3.63) is 35.9 Å². The van der Waals surface area contributed by atoms with E-state index in [0.717, 1.165) is 13.0 Å². The molecule has 68 valence electrons. The fourth-order valence-electron chi connectivity index (χ4n) is 1.92. The Morgan fingerprint density at radius 2 is 1.92 bits per heavy atom. The number of rotatable bonds is 1. The van der Waals surface area contributed by atoms with Gasteiger partial charge < -0.3 is 9.47 Å². The van der Waals surface area contributed by atoms with Gasteiger partial charge in [0.15, 0.2) is 0 Å². The molecule has 2 heteroatoms. The number of benzene rings is 1. The van der Waals surface area contributed by atoms with Crippen molar-refractivity contribution in [3.63, 3.8) is 0 Å². The first kappa shape index (κ1) is 7.54. The van der Waals surface area contributed by atoms with Crippen LogP contribution in [0.3, 0.4) is 0 Å². The molecule has 0 amide bonds. The summed E-state index contributed by atoms with van der Waals surface area (Å²) in [7, 11) is 0. The highest BCUT2D eigenvalue weighted by Gasteiger charge is 2.45. The van der Waals surface area contributed by atoms with E-state index in [-0.39, 0.29) is 6.10 Å². The van der Waals surface area contributed by atoms with Gasteiger partial charge in [-0.3, -0.25) is 0 Å². The maximum atomic E-state index is 5.69. The number of ether oxygens (including phenoxy) is 2. The molecule has 2 saturated heterocycles. The average molecular weight is 176 g/mol. The summed E-state index contributed by atoms with van der Waals surface area (Å²) in [5.41, 5.74) is 1.27. The van der Waals surface area contributed by atoms with Crippen LogP contribution in [0.25, 0.3) is 0 Å². The zero-order valence-electron chi connectivity index (χ0n) is 7.35. The first-order valence-corrected chi connectivity index (χ1v) is 4.75. The smallest absolute Gasteiger partial charge is 0.108 e. The number of hydrogen-bond donors (Lipinski definition) is 0. The van der Waals surface area contributed by atoms with Crippen LogP contribution in [0.4, 0.5) is 0 Å². The molecule has 0 aliphatic carbocycles. The van der Waals surface area contributed by atoms with Gasteiger partial charge in [-0.1, -0.05) is 30.3 Å². The molecule has 2 aliphatic heterocycles. The Morgan fingerprint density at radius 1 is 1.08 bits per heavy atom. The largest absolute Gasteiger partial charge is 0.371 e. The van der Waals surface area contributed by atoms with E-state index in [2.05, 4.69) is 24.3 Å². The molecule has 1 aromatic rings. The summed E-state index contributed by atoms with van der Waals surface area (Å²) in [6, 6.07) is 10.4. The van der Waals surface area contributed by atoms with E-state index in [9.17, 15) is 0 Å². The number of fused-ring (bicyclic) bond motifs is 1. The molecular weight excluding hydrogens is 164 g/mol. The summed E-state index contributed by atoms with van der Waals surface area (Å²) in [5, 5.41) is 0. The molecule has 0 unspecified atom stereocenters. The van der Waals surface area contributed by atoms with Gasteiger partial charge in [0.05, 0.1) is 18.8 Å². The van der Waals surface area contributed by atoms with Crippen molar-refractivity contribution in [2.75, 3.05) is 6.61 Å². The molecule has 3 atom stereocenters. The van der Waals surface area contributed by atoms with Gasteiger partial charge in [0.25, 0.3) is 0 Å². The SMILES string of the molecule is c1ccc([C@@H]2C[C@@H]3O[C@@H]3CO2)cc1. The fraction of sp³-hybridized carbons (Fsp3) is 0.455. The standard InChI is InChI=1S/C11H12O2/c1-2-4-8(5-3-1)9-6-10-11(13-10)7-12-9/h1-5,9-11H,6-7H2/t9-,10-,11+/m0/s1. The quantitative estimate of drug-likeness (QED) is 0.610. The lowest BCUT2D eigenvalue weighted by Crippen LogP contribution is -2.18. The van der Waals surface area contributed by atoms with E-state index in [1.165, 1.54) is 5.56 Å². The highest BCUT2D eigenvalue weighted by molar-refractivity contribution is 5.19. The molecule has 2 aliphatic rings. The van der Waals surface area contributed by atoms with Crippen molar-refractivity contribution in [1.29, 1.82) is 0 Å². The molecule has 2 fully saturated rings. The topological polar surface area (TPSA) is 21.8 Å². The lowest BCUT2D eigenvalue weighted by Gasteiger charge is -2.19. The first-order chi connectivity index (χ1) is 6.43. The molecule has 0 N–H and O–H groups in total. The molecule has 2 heterocycles. The van der Waals surface area contributed by atoms with Gasteiger partial charge in [-0.15, -0.1) is 0 Å². The van der Waals surface area contributed by atoms with Crippen molar-refractivity contribution < 1.29 is 9.47 Å². The summed E-state index contributed by atoms with van der Waals surface area (Å²) < 4.78 is 11.1. The third kappa shape index (κ3) is 1.36. The van der Waals surface area contributed by atoms with E-state index >= 15 is 0 Å². The van der Waals surface area contributed by atoms with Crippen LogP contribution in [-0.2, 0) is 9.47 Å². The van der Waals surface area contributed by atoms with Gasteiger partial charge in [0, 0.05) is 6.42 Å². The third-order valence-corrected chi connectivity index (χ3v) is 2.77. The minimum absolute atomic E-state index is 0.255. The second-order valence-corrected chi connectivity index (χ2v) is 3.68. The number of hydrogen-bond acceptors (Lipinski definition) is 2. The Bertz CT molecular complexity index is 296. The van der Waals surface area contributed by atoms with E-state index in [1.54, 1.807) is 0 Å². The molecule has 3 rings (SSSR count). The summed E-state index contributed by atoms with van der Waals surface area (Å²) in [5.74, 6) is 0. The Hall–Kier alpha value is -0.860. The van der Waals surface area contributed by atoms with Crippen LogP contribution >= 0.6 is 0 Å². The van der Waals surface area contributed by atoms with E-state index in [4.69, 9.17) is 9.47 Å². The predicted molar refractivity (Wildman–Crippen MR) is 48.4 cm³/mol. The van der Waals surface area contributed by atoms with Crippen LogP contribution in [0.15, 0.2) is 30.3 Å². The molecule has 0 radical (unpaired) electrons. The predicted octanol–water partition coefficient (Wildman–Crippen LogP) is 1.92. The zero-order valence-corrected chi connectivity index (χ0v) is 7.35. The molecule has 1 aromatic carbocycles. The Balaban J connectivity index is 1.78. The maximum Gasteiger partial charge on any atom is 0.108 e. The molecule has 2 nitrogen and oxygen atoms in total. The number of epoxide rings is 1. The molecule has 0 aromatic heterocycles. The van der Waals surface area contributed by atoms with E-state index in [0.29, 0.717) is 12.2 Å². The van der Waals surface area contributed by atoms with Crippen molar-refractivity contribution >= 4 is 0 Å². The van der Waals surface area contributed by atoms with E-state index in [1.807, 2.05) is 6.07 Å². The van der Waals surface area contributed by atoms with Crippen LogP contribution in [0.1, 0.15) is 18.1 Å². The van der Waals surface area contributed by atoms with E-state index < -0.39 is 0 Å². The average Bonchev–Trinajstić information content (AvgIpc) is 2.96. The summed E-state index contributed by atoms with van der Waals surface area (Å²) in [6.07, 6.45) is 2.15. The Labute approximate surface area is 77.5 Å². The minimum Gasteiger partial charge on any atom is -0.371 e. The fourth-order valence-corrected chi connectivity index (χ4v) is 1.92. The van der Waals surface area contributed by atoms with Crippen LogP contribution in [-0.4, -0.2) is 18.8 Å². The van der Waals surface area contributed by atoms with Crippen molar-refractivity contribution in [2.24, 2.45) is 0 Å². The molecule has 0 spiro atoms. The van der Waals surface area contributed by atoms with Crippen molar-refractivity contribution in [3.8, 4) is 0 Å². The highest BCUT2D eigenvalue weighted by Crippen LogP contribution is 2.38. The third-order valence-electron chi connectivity index (χ3n) is 2.77. The molecule has 0 saturated carbocycles. The first-order valence-electron chi connectivity index (χ1n) is 4.75. The van der Waals surface area contributed by atoms with Gasteiger partial charge >= 0.3 is 0 Å². The lowest BCUT2D eigenvalue weighted by atomic mass is 10.0. The van der Waals surface area contributed by atoms with Gasteiger partial charge in [-0.25, -0.2) is 0 Å². The Morgan fingerprint density at radius 3 is 2.69 bits per heavy atom. The van der Waals surface area contributed by atoms with Crippen LogP contribution in [0.2, 0.25) is 0 Å². The monoisotopic (exact) mass is 176 g/mol. The van der Waals surface area contributed by atoms with Gasteiger partial charge in [-0.05, 0) is 5.56 Å². The van der Waals surface area contributed by atoms with Gasteiger partial charge in [-0.2, -0.15) is 0 Å². The van der Waals surface area contributed by atoms with Crippen molar-refractivity contribution in [1.82, 2.24) is 0 Å². The Kier molecular flexibility index (Phi) is 1.64. The molecule has 0 bridgehead atoms. The van der Waals surface area contributed by atoms with Crippen LogP contribution in [0.5, 0.6) is 0 Å². The summed E-state index contributed by atoms with van der Waals surface area (Å²) in [4.78, 5) is 0. The van der Waals surface area contributed by atoms with Gasteiger partial charge in [0.1, 0.15) is 6.10 Å². The second-order valence-electron chi connectivity index (χ2n) is 3.68. The van der Waals surface area contributed by atoms with Crippen LogP contribution < -0.4 is 0 Å². The summed E-state index contributed by atoms with van der Waals surface area (Å²) >= 11 is 0. The lowest BCUT2D eigenvalue weighted by molar-refractivity contribution is 0.0289. The van der Waals surface area contributed by atoms with Crippen LogP contribution in [0, 0.1) is 0 Å². The second kappa shape index (κ2) is 2.82. The highest BCUT2D eigenvalue weighted by atomic mass is 16.6. The van der Waals surface area contributed by atoms with Crippen molar-refractivity contribution in [2.45, 2.75) is 24.7 Å². The summed E-state index contributed by atoms with van der Waals surface area (Å²) in [6.45, 7) is 0.768. The molecule has 13 heavy (non-hydrogen) atoms. The molecular formula is C11H12O2. The van der Waals surface area contributed by atoms with Gasteiger partial charge in [0.2, 0.25) is 0 Å². The normalized spacial score (nSPS) is 36.8. The maximum absolute atomic E-state index is 5.69. The minimum atomic E-state index is 0.255. The zero-order chi connectivity index (χ0) is 8.67.